The molecule has 0 radical (unpaired) electrons. The maximum Gasteiger partial charge on any atom is 0.257 e. The van der Waals surface area contributed by atoms with E-state index in [2.05, 4.69) is 4.40 Å². The summed E-state index contributed by atoms with van der Waals surface area (Å²) in [5, 5.41) is -0.239. The van der Waals surface area contributed by atoms with Gasteiger partial charge < -0.3 is 5.73 Å². The van der Waals surface area contributed by atoms with E-state index in [1.807, 2.05) is 0 Å². The molecule has 0 aliphatic heterocycles. The van der Waals surface area contributed by atoms with Gasteiger partial charge in [-0.05, 0) is 12.8 Å². The molecule has 0 aromatic heterocycles. The maximum absolute atomic E-state index is 10.7. The molecule has 2 N–H and O–H groups in total. The van der Waals surface area contributed by atoms with E-state index in [9.17, 15) is 8.42 Å². The third-order valence-electron chi connectivity index (χ3n) is 1.15. The Morgan fingerprint density at radius 1 is 1.56 bits per heavy atom. The quantitative estimate of drug-likeness (QED) is 0.422. The number of nitrogens with zero attached hydrogens (tertiary/aromatic N) is 1. The number of nitrogens with two attached hydrogens (primary N) is 1. The van der Waals surface area contributed by atoms with Crippen molar-refractivity contribution in [3.8, 4) is 0 Å². The summed E-state index contributed by atoms with van der Waals surface area (Å²) in [7, 11) is -3.19. The van der Waals surface area contributed by atoms with Crippen molar-refractivity contribution >= 4 is 16.4 Å². The Bertz CT molecular complexity index is 215. The molecule has 0 aromatic rings. The summed E-state index contributed by atoms with van der Waals surface area (Å²) in [6.07, 6.45) is 2.30. The van der Waals surface area contributed by atoms with Crippen LogP contribution in [-0.4, -0.2) is 20.0 Å². The molecule has 1 fully saturated rings. The summed E-state index contributed by atoms with van der Waals surface area (Å²) in [5.41, 5.74) is 4.81. The van der Waals surface area contributed by atoms with Crippen LogP contribution in [0.2, 0.25) is 0 Å². The fourth-order valence-corrected chi connectivity index (χ4v) is 1.61. The van der Waals surface area contributed by atoms with Gasteiger partial charge in [-0.25, -0.2) is 8.42 Å². The van der Waals surface area contributed by atoms with Crippen LogP contribution in [0.15, 0.2) is 4.40 Å². The van der Waals surface area contributed by atoms with Gasteiger partial charge >= 0.3 is 0 Å². The van der Waals surface area contributed by atoms with Crippen molar-refractivity contribution in [3.05, 3.63) is 0 Å². The van der Waals surface area contributed by atoms with E-state index in [0.29, 0.717) is 0 Å². The van der Waals surface area contributed by atoms with Gasteiger partial charge in [-0.3, -0.25) is 0 Å². The Balaban J connectivity index is 2.73. The summed E-state index contributed by atoms with van der Waals surface area (Å²) in [5.74, 6) is 0. The highest BCUT2D eigenvalue weighted by atomic mass is 32.2. The molecule has 0 aromatic carbocycles. The molecule has 0 bridgehead atoms. The Morgan fingerprint density at radius 2 is 2.11 bits per heavy atom. The first-order valence-electron chi connectivity index (χ1n) is 2.66. The molecule has 52 valence electrons. The van der Waals surface area contributed by atoms with Crippen LogP contribution in [0.1, 0.15) is 12.8 Å². The molecular weight excluding hydrogens is 140 g/mol. The third kappa shape index (κ3) is 1.41. The van der Waals surface area contributed by atoms with Gasteiger partial charge in [-0.1, -0.05) is 0 Å². The summed E-state index contributed by atoms with van der Waals surface area (Å²) < 4.78 is 24.6. The van der Waals surface area contributed by atoms with E-state index in [-0.39, 0.29) is 5.25 Å². The number of hydrogen-bond donors (Lipinski definition) is 1. The normalized spacial score (nSPS) is 20.9. The van der Waals surface area contributed by atoms with Crippen LogP contribution in [0, 0.1) is 0 Å². The largest absolute Gasteiger partial charge is 0.389 e. The van der Waals surface area contributed by atoms with Crippen LogP contribution in [0.5, 0.6) is 0 Å². The van der Waals surface area contributed by atoms with Gasteiger partial charge in [0.25, 0.3) is 10.0 Å². The molecule has 4 nitrogen and oxygen atoms in total. The first kappa shape index (κ1) is 6.54. The van der Waals surface area contributed by atoms with Crippen LogP contribution >= 0.6 is 0 Å². The van der Waals surface area contributed by atoms with Crippen molar-refractivity contribution in [3.63, 3.8) is 0 Å². The highest BCUT2D eigenvalue weighted by molar-refractivity contribution is 7.91. The number of hydrogen-bond acceptors (Lipinski definition) is 2. The minimum atomic E-state index is -3.19. The van der Waals surface area contributed by atoms with E-state index in [1.165, 1.54) is 0 Å². The summed E-state index contributed by atoms with van der Waals surface area (Å²) in [6.45, 7) is 0. The van der Waals surface area contributed by atoms with Gasteiger partial charge in [0, 0.05) is 0 Å². The molecule has 0 saturated heterocycles. The van der Waals surface area contributed by atoms with E-state index in [1.54, 1.807) is 0 Å². The average molecular weight is 148 g/mol. The Morgan fingerprint density at radius 3 is 2.44 bits per heavy atom. The van der Waals surface area contributed by atoms with Crippen LogP contribution in [0.25, 0.3) is 0 Å². The fraction of sp³-hybridized carbons (Fsp3) is 0.750. The zero-order valence-corrected chi connectivity index (χ0v) is 5.63. The van der Waals surface area contributed by atoms with Crippen molar-refractivity contribution in [2.24, 2.45) is 10.1 Å². The second-order valence-corrected chi connectivity index (χ2v) is 3.88. The maximum atomic E-state index is 10.7. The van der Waals surface area contributed by atoms with Gasteiger partial charge in [0.2, 0.25) is 0 Å². The van der Waals surface area contributed by atoms with Crippen LogP contribution in [0.3, 0.4) is 0 Å². The van der Waals surface area contributed by atoms with Crippen molar-refractivity contribution in [2.75, 3.05) is 0 Å². The standard InChI is InChI=1S/C4H8N2O2S/c5-3-6-9(7,8)4-1-2-4/h3-4H,1-2H2,(H2,5,6). The zero-order valence-electron chi connectivity index (χ0n) is 4.82. The summed E-state index contributed by atoms with van der Waals surface area (Å²) >= 11 is 0. The number of rotatable bonds is 2. The second-order valence-electron chi connectivity index (χ2n) is 1.97. The third-order valence-corrected chi connectivity index (χ3v) is 2.88. The first-order valence-corrected chi connectivity index (χ1v) is 4.16. The van der Waals surface area contributed by atoms with Crippen molar-refractivity contribution in [2.45, 2.75) is 18.1 Å². The molecule has 0 unspecified atom stereocenters. The van der Waals surface area contributed by atoms with E-state index in [0.717, 1.165) is 19.2 Å². The Hall–Kier alpha value is -0.580. The Kier molecular flexibility index (Phi) is 1.44. The van der Waals surface area contributed by atoms with E-state index >= 15 is 0 Å². The smallest absolute Gasteiger partial charge is 0.257 e. The Labute approximate surface area is 53.8 Å². The summed E-state index contributed by atoms with van der Waals surface area (Å²) in [6, 6.07) is 0. The first-order chi connectivity index (χ1) is 4.17. The zero-order chi connectivity index (χ0) is 6.91. The van der Waals surface area contributed by atoms with Gasteiger partial charge in [-0.15, -0.1) is 0 Å². The molecule has 5 heteroatoms. The van der Waals surface area contributed by atoms with E-state index in [4.69, 9.17) is 5.73 Å². The average Bonchev–Trinajstić information content (AvgIpc) is 2.41. The van der Waals surface area contributed by atoms with Gasteiger partial charge in [-0.2, -0.15) is 4.40 Å². The monoisotopic (exact) mass is 148 g/mol. The van der Waals surface area contributed by atoms with Crippen LogP contribution in [-0.2, 0) is 10.0 Å². The van der Waals surface area contributed by atoms with Crippen molar-refractivity contribution in [1.29, 1.82) is 0 Å². The molecule has 0 heterocycles. The lowest BCUT2D eigenvalue weighted by Crippen LogP contribution is -2.04. The highest BCUT2D eigenvalue weighted by Gasteiger charge is 2.34. The topological polar surface area (TPSA) is 72.5 Å². The molecule has 1 saturated carbocycles. The van der Waals surface area contributed by atoms with E-state index < -0.39 is 10.0 Å². The molecule has 0 amide bonds. The van der Waals surface area contributed by atoms with Crippen molar-refractivity contribution in [1.82, 2.24) is 0 Å². The predicted molar refractivity (Wildman–Crippen MR) is 34.6 cm³/mol. The minimum absolute atomic E-state index is 0.239. The van der Waals surface area contributed by atoms with Crippen LogP contribution < -0.4 is 5.73 Å². The SMILES string of the molecule is N/C=N/S(=O)(=O)C1CC1. The molecule has 0 atom stereocenters. The van der Waals surface area contributed by atoms with Gasteiger partial charge in [0.05, 0.1) is 11.6 Å². The second kappa shape index (κ2) is 1.98. The molecule has 1 rings (SSSR count). The summed E-state index contributed by atoms with van der Waals surface area (Å²) in [4.78, 5) is 0. The fourth-order valence-electron chi connectivity index (χ4n) is 0.537. The minimum Gasteiger partial charge on any atom is -0.389 e. The van der Waals surface area contributed by atoms with Gasteiger partial charge in [0.15, 0.2) is 0 Å². The number of sulfonamides is 1. The lowest BCUT2D eigenvalue weighted by atomic mass is 11.0. The molecule has 9 heavy (non-hydrogen) atoms. The molecule has 1 aliphatic carbocycles. The van der Waals surface area contributed by atoms with Gasteiger partial charge in [0.1, 0.15) is 0 Å². The molecule has 1 aliphatic rings. The highest BCUT2D eigenvalue weighted by Crippen LogP contribution is 2.28. The van der Waals surface area contributed by atoms with Crippen LogP contribution in [0.4, 0.5) is 0 Å². The molecular formula is C4H8N2O2S. The lowest BCUT2D eigenvalue weighted by Gasteiger charge is -1.88. The van der Waals surface area contributed by atoms with Crippen molar-refractivity contribution < 1.29 is 8.42 Å². The lowest BCUT2D eigenvalue weighted by molar-refractivity contribution is 0.597. The molecule has 0 spiro atoms. The predicted octanol–water partition coefficient (Wildman–Crippen LogP) is -0.534.